The van der Waals surface area contributed by atoms with Crippen molar-refractivity contribution in [1.29, 1.82) is 0 Å². The molecule has 19 heteroatoms. The van der Waals surface area contributed by atoms with Crippen LogP contribution in [0.4, 0.5) is 27.8 Å². The normalized spacial score (nSPS) is 13.5. The van der Waals surface area contributed by atoms with Crippen molar-refractivity contribution < 1.29 is 36.6 Å². The van der Waals surface area contributed by atoms with E-state index in [9.17, 15) is 27.2 Å². The molecule has 0 radical (unpaired) electrons. The maximum absolute atomic E-state index is 13.7. The van der Waals surface area contributed by atoms with E-state index in [0.717, 1.165) is 44.8 Å². The number of hydrogen-bond donors (Lipinski definition) is 3. The van der Waals surface area contributed by atoms with Crippen molar-refractivity contribution in [3.63, 3.8) is 0 Å². The Labute approximate surface area is 357 Å². The molecule has 0 bridgehead atoms. The Kier molecular flexibility index (Phi) is 13.7. The van der Waals surface area contributed by atoms with Crippen molar-refractivity contribution in [1.82, 2.24) is 20.6 Å². The monoisotopic (exact) mass is 920 g/mol. The lowest BCUT2D eigenvalue weighted by Gasteiger charge is -2.14. The summed E-state index contributed by atoms with van der Waals surface area (Å²) in [6.07, 6.45) is -3.41. The largest absolute Gasteiger partial charge is 0.489 e. The van der Waals surface area contributed by atoms with Crippen LogP contribution in [0.5, 0.6) is 5.75 Å². The van der Waals surface area contributed by atoms with Gasteiger partial charge < -0.3 is 20.1 Å². The van der Waals surface area contributed by atoms with Gasteiger partial charge in [-0.05, 0) is 35.9 Å². The molecule has 0 aliphatic carbocycles. The topological polar surface area (TPSA) is 142 Å². The summed E-state index contributed by atoms with van der Waals surface area (Å²) in [7, 11) is 0. The average Bonchev–Trinajstić information content (AvgIpc) is 4.01. The quantitative estimate of drug-likeness (QED) is 0.0470. The second-order valence-corrected chi connectivity index (χ2v) is 15.6. The number of hydrogen-bond acceptors (Lipinski definition) is 12. The molecule has 308 valence electrons. The minimum absolute atomic E-state index is 0.0590. The Hall–Kier alpha value is -5.86. The highest BCUT2D eigenvalue weighted by molar-refractivity contribution is 9.10. The number of anilines is 2. The Bertz CT molecular complexity index is 2520. The van der Waals surface area contributed by atoms with Crippen molar-refractivity contribution in [2.75, 3.05) is 36.7 Å². The highest BCUT2D eigenvalue weighted by Crippen LogP contribution is 2.33. The highest BCUT2D eigenvalue weighted by Gasteiger charge is 2.36. The van der Waals surface area contributed by atoms with Crippen LogP contribution in [0, 0.1) is 5.82 Å². The molecule has 3 heterocycles. The molecule has 12 nitrogen and oxygen atoms in total. The number of halogens is 5. The van der Waals surface area contributed by atoms with Gasteiger partial charge in [0.25, 0.3) is 5.91 Å². The number of alkyl halides is 3. The molecule has 2 amide bonds. The van der Waals surface area contributed by atoms with Crippen LogP contribution < -0.4 is 25.8 Å². The van der Waals surface area contributed by atoms with Gasteiger partial charge in [0.15, 0.2) is 5.71 Å². The summed E-state index contributed by atoms with van der Waals surface area (Å²) in [5.74, 6) is -1.72. The molecule has 0 saturated carbocycles. The number of carbonyl (C=O) groups is 2. The number of amides is 2. The third kappa shape index (κ3) is 10.7. The lowest BCUT2D eigenvalue weighted by molar-refractivity contribution is -0.140. The number of rotatable bonds is 17. The molecule has 0 spiro atoms. The maximum atomic E-state index is 13.7. The van der Waals surface area contributed by atoms with Crippen LogP contribution in [-0.4, -0.2) is 59.5 Å². The zero-order valence-electron chi connectivity index (χ0n) is 31.2. The van der Waals surface area contributed by atoms with E-state index in [2.05, 4.69) is 52.2 Å². The summed E-state index contributed by atoms with van der Waals surface area (Å²) in [6, 6.07) is 26.8. The number of nitrogens with zero attached hydrogens (tertiary/aromatic N) is 5. The van der Waals surface area contributed by atoms with Crippen LogP contribution in [-0.2, 0) is 28.9 Å². The molecule has 0 fully saturated rings. The van der Waals surface area contributed by atoms with Crippen LogP contribution in [0.3, 0.4) is 0 Å². The van der Waals surface area contributed by atoms with Gasteiger partial charge in [0, 0.05) is 46.2 Å². The SMILES string of the molecule is O=C(NCCOCCNCc1cc(Br)ccc1OCc1ccc(F)c(C(F)(F)F)c1)c1cnc(NN=C2C(=O)N(c3nc(-c4ccccc4)cs3)N=C2c2ccccc2)s1. The van der Waals surface area contributed by atoms with Crippen LogP contribution in [0.15, 0.2) is 123 Å². The van der Waals surface area contributed by atoms with E-state index < -0.39 is 23.5 Å². The number of thiazole rings is 2. The minimum Gasteiger partial charge on any atom is -0.489 e. The first-order chi connectivity index (χ1) is 29.0. The van der Waals surface area contributed by atoms with Gasteiger partial charge in [0.05, 0.1) is 30.7 Å². The van der Waals surface area contributed by atoms with Crippen molar-refractivity contribution in [3.8, 4) is 17.0 Å². The maximum Gasteiger partial charge on any atom is 0.419 e. The molecular formula is C41H33BrF4N8O4S2. The van der Waals surface area contributed by atoms with Crippen LogP contribution in [0.1, 0.15) is 31.9 Å². The number of nitrogens with one attached hydrogen (secondary N) is 3. The van der Waals surface area contributed by atoms with E-state index in [1.165, 1.54) is 28.6 Å². The van der Waals surface area contributed by atoms with Gasteiger partial charge in [-0.3, -0.25) is 15.0 Å². The Morgan fingerprint density at radius 3 is 2.45 bits per heavy atom. The summed E-state index contributed by atoms with van der Waals surface area (Å²) >= 11 is 5.77. The second kappa shape index (κ2) is 19.5. The number of carbonyl (C=O) groups excluding carboxylic acids is 2. The molecule has 60 heavy (non-hydrogen) atoms. The molecule has 4 aromatic carbocycles. The number of benzene rings is 4. The molecule has 0 unspecified atom stereocenters. The van der Waals surface area contributed by atoms with Gasteiger partial charge >= 0.3 is 12.1 Å². The fourth-order valence-corrected chi connectivity index (χ4v) is 7.58. The molecule has 6 aromatic rings. The average molecular weight is 922 g/mol. The number of hydrazone groups is 2. The third-order valence-corrected chi connectivity index (χ3v) is 10.8. The molecule has 1 aliphatic rings. The number of aromatic nitrogens is 2. The van der Waals surface area contributed by atoms with Crippen molar-refractivity contribution in [3.05, 3.63) is 146 Å². The van der Waals surface area contributed by atoms with Gasteiger partial charge in [-0.2, -0.15) is 28.4 Å². The summed E-state index contributed by atoms with van der Waals surface area (Å²) in [5, 5.41) is 18.8. The standard InChI is InChI=1S/C41H33BrF4N8O4S2/c42-29-12-14-33(58-23-25-11-13-31(43)30(19-25)41(44,45)46)28(20-29)21-47-15-17-57-18-16-48-37(55)34-22-49-39(60-34)52-51-36-35(27-9-5-2-6-10-27)53-54(38(36)56)40-50-32(24-59-40)26-7-3-1-4-8-26/h1-14,19-20,22,24,47H,15-18,21,23H2,(H,48,55)(H,49,52). The van der Waals surface area contributed by atoms with Gasteiger partial charge in [0.2, 0.25) is 10.3 Å². The summed E-state index contributed by atoms with van der Waals surface area (Å²) in [6.45, 7) is 1.43. The van der Waals surface area contributed by atoms with Crippen molar-refractivity contribution in [2.45, 2.75) is 19.3 Å². The van der Waals surface area contributed by atoms with Gasteiger partial charge in [-0.15, -0.1) is 11.3 Å². The molecule has 2 aromatic heterocycles. The third-order valence-electron chi connectivity index (χ3n) is 8.63. The second-order valence-electron chi connectivity index (χ2n) is 12.8. The fraction of sp³-hybridized carbons (Fsp3) is 0.171. The van der Waals surface area contributed by atoms with Crippen LogP contribution in [0.25, 0.3) is 11.3 Å². The first-order valence-electron chi connectivity index (χ1n) is 18.2. The molecule has 0 saturated heterocycles. The molecule has 7 rings (SSSR count). The molecule has 0 atom stereocenters. The van der Waals surface area contributed by atoms with E-state index in [4.69, 9.17) is 9.47 Å². The van der Waals surface area contributed by atoms with E-state index in [-0.39, 0.29) is 36.9 Å². The van der Waals surface area contributed by atoms with Crippen molar-refractivity contribution >= 4 is 72.1 Å². The van der Waals surface area contributed by atoms with Crippen LogP contribution >= 0.6 is 38.6 Å². The Balaban J connectivity index is 0.859. The highest BCUT2D eigenvalue weighted by atomic mass is 79.9. The lowest BCUT2D eigenvalue weighted by atomic mass is 10.1. The predicted molar refractivity (Wildman–Crippen MR) is 226 cm³/mol. The van der Waals surface area contributed by atoms with Gasteiger partial charge in [-0.25, -0.2) is 14.4 Å². The summed E-state index contributed by atoms with van der Waals surface area (Å²) in [4.78, 5) is 35.7. The van der Waals surface area contributed by atoms with Gasteiger partial charge in [0.1, 0.15) is 28.8 Å². The smallest absolute Gasteiger partial charge is 0.419 e. The van der Waals surface area contributed by atoms with Crippen molar-refractivity contribution in [2.24, 2.45) is 10.2 Å². The molecular weight excluding hydrogens is 889 g/mol. The zero-order valence-corrected chi connectivity index (χ0v) is 34.4. The minimum atomic E-state index is -4.81. The number of ether oxygens (including phenoxy) is 2. The van der Waals surface area contributed by atoms with E-state index in [0.29, 0.717) is 51.9 Å². The Morgan fingerprint density at radius 1 is 0.933 bits per heavy atom. The zero-order chi connectivity index (χ0) is 42.1. The molecule has 3 N–H and O–H groups in total. The summed E-state index contributed by atoms with van der Waals surface area (Å²) in [5.41, 5.74) is 5.12. The van der Waals surface area contributed by atoms with Crippen LogP contribution in [0.2, 0.25) is 0 Å². The summed E-state index contributed by atoms with van der Waals surface area (Å²) < 4.78 is 65.3. The Morgan fingerprint density at radius 2 is 1.68 bits per heavy atom. The molecule has 1 aliphatic heterocycles. The first-order valence-corrected chi connectivity index (χ1v) is 20.7. The van der Waals surface area contributed by atoms with E-state index in [1.807, 2.05) is 72.1 Å². The lowest BCUT2D eigenvalue weighted by Crippen LogP contribution is -2.28. The van der Waals surface area contributed by atoms with Gasteiger partial charge in [-0.1, -0.05) is 94.0 Å². The van der Waals surface area contributed by atoms with E-state index >= 15 is 0 Å². The predicted octanol–water partition coefficient (Wildman–Crippen LogP) is 8.52. The first kappa shape index (κ1) is 42.3. The fourth-order valence-electron chi connectivity index (χ4n) is 5.71. The van der Waals surface area contributed by atoms with E-state index in [1.54, 1.807) is 12.1 Å².